The number of nitriles is 2. The van der Waals surface area contributed by atoms with Crippen molar-refractivity contribution < 1.29 is 0 Å². The van der Waals surface area contributed by atoms with Crippen LogP contribution in [0.25, 0.3) is 61.7 Å². The van der Waals surface area contributed by atoms with Crippen LogP contribution < -0.4 is 0 Å². The lowest BCUT2D eigenvalue weighted by atomic mass is 9.54. The Balaban J connectivity index is 1.25. The largest absolute Gasteiger partial charge is 0.309 e. The number of nitrogens with zero attached hydrogens (tertiary/aromatic N) is 6. The zero-order valence-corrected chi connectivity index (χ0v) is 29.4. The smallest absolute Gasteiger partial charge is 0.164 e. The maximum absolute atomic E-state index is 9.57. The fourth-order valence-electron chi connectivity index (χ4n) is 9.56. The van der Waals surface area contributed by atoms with Crippen molar-refractivity contribution in [2.24, 2.45) is 17.8 Å². The van der Waals surface area contributed by atoms with Crippen molar-refractivity contribution in [1.29, 1.82) is 10.5 Å². The summed E-state index contributed by atoms with van der Waals surface area (Å²) in [5.41, 5.74) is 8.70. The Morgan fingerprint density at radius 2 is 1.15 bits per heavy atom. The van der Waals surface area contributed by atoms with Gasteiger partial charge in [0.2, 0.25) is 0 Å². The highest BCUT2D eigenvalue weighted by Crippen LogP contribution is 2.54. The Kier molecular flexibility index (Phi) is 7.71. The summed E-state index contributed by atoms with van der Waals surface area (Å²) < 4.78 is 2.31. The molecule has 0 N–H and O–H groups in total. The van der Waals surface area contributed by atoms with Crippen LogP contribution in [0.3, 0.4) is 0 Å². The minimum Gasteiger partial charge on any atom is -0.309 e. The zero-order chi connectivity index (χ0) is 35.4. The highest BCUT2D eigenvalue weighted by Gasteiger charge is 2.45. The van der Waals surface area contributed by atoms with E-state index >= 15 is 0 Å². The number of hydrogen-bond donors (Lipinski definition) is 0. The van der Waals surface area contributed by atoms with Gasteiger partial charge in [-0.1, -0.05) is 62.4 Å². The molecule has 52 heavy (non-hydrogen) atoms. The van der Waals surface area contributed by atoms with Crippen LogP contribution in [0, 0.1) is 40.4 Å². The number of rotatable bonds is 5. The number of benzene rings is 5. The molecule has 4 atom stereocenters. The molecule has 5 aromatic carbocycles. The van der Waals surface area contributed by atoms with E-state index in [2.05, 4.69) is 67.0 Å². The molecular formula is C46H38N6. The van der Waals surface area contributed by atoms with Crippen molar-refractivity contribution in [2.75, 3.05) is 0 Å². The van der Waals surface area contributed by atoms with E-state index in [1.165, 1.54) is 48.4 Å². The van der Waals surface area contributed by atoms with Gasteiger partial charge in [0.05, 0.1) is 34.3 Å². The first kappa shape index (κ1) is 31.8. The molecule has 0 radical (unpaired) electrons. The van der Waals surface area contributed by atoms with E-state index in [0.717, 1.165) is 51.2 Å². The summed E-state index contributed by atoms with van der Waals surface area (Å²) in [6.07, 6.45) is 6.50. The van der Waals surface area contributed by atoms with Crippen LogP contribution in [0.5, 0.6) is 0 Å². The normalized spacial score (nSPS) is 21.1. The van der Waals surface area contributed by atoms with E-state index in [1.807, 2.05) is 66.7 Å². The van der Waals surface area contributed by atoms with Crippen LogP contribution in [-0.2, 0) is 5.41 Å². The number of aromatic nitrogens is 4. The molecule has 2 saturated carbocycles. The lowest BCUT2D eigenvalue weighted by molar-refractivity contribution is 0.0781. The van der Waals surface area contributed by atoms with Crippen LogP contribution in [0.15, 0.2) is 115 Å². The number of hydrogen-bond acceptors (Lipinski definition) is 5. The molecule has 6 nitrogen and oxygen atoms in total. The van der Waals surface area contributed by atoms with E-state index in [1.54, 1.807) is 12.1 Å². The van der Waals surface area contributed by atoms with Crippen LogP contribution in [-0.4, -0.2) is 19.5 Å². The summed E-state index contributed by atoms with van der Waals surface area (Å²) in [7, 11) is 0. The minimum absolute atomic E-state index is 0.220. The lowest BCUT2D eigenvalue weighted by Crippen LogP contribution is -2.42. The predicted octanol–water partition coefficient (Wildman–Crippen LogP) is 10.8. The molecule has 0 spiro atoms. The Labute approximate surface area is 304 Å². The molecule has 2 aliphatic rings. The van der Waals surface area contributed by atoms with Gasteiger partial charge in [-0.05, 0) is 128 Å². The third-order valence-electron chi connectivity index (χ3n) is 11.5. The fraction of sp³-hybridized carbons (Fsp3) is 0.239. The van der Waals surface area contributed by atoms with Crippen molar-refractivity contribution in [3.05, 3.63) is 132 Å². The Hall–Kier alpha value is -6.11. The van der Waals surface area contributed by atoms with Crippen LogP contribution in [0.4, 0.5) is 0 Å². The molecule has 0 aliphatic heterocycles. The molecular weight excluding hydrogens is 637 g/mol. The fourth-order valence-corrected chi connectivity index (χ4v) is 9.56. The summed E-state index contributed by atoms with van der Waals surface area (Å²) in [5.74, 6) is 3.99. The molecule has 1 unspecified atom stereocenters. The Morgan fingerprint density at radius 1 is 0.577 bits per heavy atom. The summed E-state index contributed by atoms with van der Waals surface area (Å²) >= 11 is 0. The maximum atomic E-state index is 9.57. The molecule has 2 bridgehead atoms. The summed E-state index contributed by atoms with van der Waals surface area (Å²) in [6, 6.07) is 43.4. The summed E-state index contributed by atoms with van der Waals surface area (Å²) in [4.78, 5) is 14.9. The maximum Gasteiger partial charge on any atom is 0.164 e. The van der Waals surface area contributed by atoms with Crippen molar-refractivity contribution in [1.82, 2.24) is 19.5 Å². The molecule has 7 aromatic rings. The second-order valence-electron chi connectivity index (χ2n) is 15.3. The van der Waals surface area contributed by atoms with Gasteiger partial charge in [-0.2, -0.15) is 10.5 Å². The molecule has 9 rings (SSSR count). The van der Waals surface area contributed by atoms with Gasteiger partial charge in [0.1, 0.15) is 0 Å². The summed E-state index contributed by atoms with van der Waals surface area (Å²) in [5, 5.41) is 21.4. The third-order valence-corrected chi connectivity index (χ3v) is 11.5. The first-order chi connectivity index (χ1) is 25.4. The standard InChI is InChI=1S/C46H38N6/c1-29-20-33-21-30(2)25-46(24-29,26-33)37-15-19-41-40(23-37)39-18-14-36(22-42(39)52(41)38-16-10-32(28-48)11-17-38)45-50-43(34-6-4-3-5-7-34)49-44(51-45)35-12-8-31(27-47)9-13-35/h3-19,22-23,29-30,33H,20-21,24-26H2,1-2H3/t29-,30+,33-,46?. The van der Waals surface area contributed by atoms with Crippen LogP contribution in [0.2, 0.25) is 0 Å². The van der Waals surface area contributed by atoms with E-state index < -0.39 is 0 Å². The van der Waals surface area contributed by atoms with Crippen molar-refractivity contribution in [3.8, 4) is 52.0 Å². The Morgan fingerprint density at radius 3 is 1.79 bits per heavy atom. The highest BCUT2D eigenvalue weighted by atomic mass is 15.0. The highest BCUT2D eigenvalue weighted by molar-refractivity contribution is 6.10. The van der Waals surface area contributed by atoms with Gasteiger partial charge in [-0.15, -0.1) is 0 Å². The second-order valence-corrected chi connectivity index (χ2v) is 15.3. The minimum atomic E-state index is 0.220. The quantitative estimate of drug-likeness (QED) is 0.181. The van der Waals surface area contributed by atoms with Crippen molar-refractivity contribution in [3.63, 3.8) is 0 Å². The van der Waals surface area contributed by atoms with E-state index in [0.29, 0.717) is 28.6 Å². The molecule has 2 aromatic heterocycles. The topological polar surface area (TPSA) is 91.2 Å². The van der Waals surface area contributed by atoms with Gasteiger partial charge in [0.15, 0.2) is 17.5 Å². The van der Waals surface area contributed by atoms with E-state index in [9.17, 15) is 10.5 Å². The van der Waals surface area contributed by atoms with Crippen molar-refractivity contribution >= 4 is 21.8 Å². The second kappa shape index (κ2) is 12.6. The van der Waals surface area contributed by atoms with Crippen LogP contribution in [0.1, 0.15) is 62.6 Å². The first-order valence-electron chi connectivity index (χ1n) is 18.3. The average Bonchev–Trinajstić information content (AvgIpc) is 3.50. The molecule has 2 heterocycles. The van der Waals surface area contributed by atoms with Gasteiger partial charge in [0.25, 0.3) is 0 Å². The molecule has 0 saturated heterocycles. The van der Waals surface area contributed by atoms with E-state index in [4.69, 9.17) is 15.0 Å². The van der Waals surface area contributed by atoms with Gasteiger partial charge in [-0.25, -0.2) is 15.0 Å². The SMILES string of the molecule is C[C@@H]1C[C@@H]2C[C@H](C)CC(c3ccc4c(c3)c3ccc(-c5nc(-c6ccccc6)nc(-c6ccc(C#N)cc6)n5)cc3n4-c3ccc(C#N)cc3)(C1)C2. The molecule has 2 aliphatic carbocycles. The molecule has 2 fully saturated rings. The lowest BCUT2D eigenvalue weighted by Gasteiger charge is -2.50. The third kappa shape index (κ3) is 5.52. The molecule has 0 amide bonds. The van der Waals surface area contributed by atoms with Crippen LogP contribution >= 0.6 is 0 Å². The average molecular weight is 675 g/mol. The van der Waals surface area contributed by atoms with E-state index in [-0.39, 0.29) is 5.41 Å². The molecule has 252 valence electrons. The zero-order valence-electron chi connectivity index (χ0n) is 29.4. The predicted molar refractivity (Wildman–Crippen MR) is 206 cm³/mol. The summed E-state index contributed by atoms with van der Waals surface area (Å²) in [6.45, 7) is 4.90. The monoisotopic (exact) mass is 674 g/mol. The van der Waals surface area contributed by atoms with Gasteiger partial charge >= 0.3 is 0 Å². The van der Waals surface area contributed by atoms with Crippen molar-refractivity contribution in [2.45, 2.75) is 51.4 Å². The number of fused-ring (bicyclic) bond motifs is 5. The van der Waals surface area contributed by atoms with Gasteiger partial charge < -0.3 is 4.57 Å². The molecule has 6 heteroatoms. The van der Waals surface area contributed by atoms with Gasteiger partial charge in [-0.3, -0.25) is 0 Å². The van der Waals surface area contributed by atoms with Gasteiger partial charge in [0, 0.05) is 33.2 Å². The Bertz CT molecular complexity index is 2530. The first-order valence-corrected chi connectivity index (χ1v) is 18.3.